The molecule has 8 nitrogen and oxygen atoms in total. The van der Waals surface area contributed by atoms with Crippen molar-refractivity contribution in [3.63, 3.8) is 0 Å². The van der Waals surface area contributed by atoms with Gasteiger partial charge in [-0.15, -0.1) is 11.3 Å². The van der Waals surface area contributed by atoms with Crippen LogP contribution < -0.4 is 0 Å². The summed E-state index contributed by atoms with van der Waals surface area (Å²) >= 11 is 1.21. The molecule has 0 radical (unpaired) electrons. The number of hydrogen-bond acceptors (Lipinski definition) is 8. The Labute approximate surface area is 175 Å². The minimum absolute atomic E-state index is 0.185. The van der Waals surface area contributed by atoms with Crippen LogP contribution in [-0.4, -0.2) is 42.5 Å². The molecule has 0 aliphatic carbocycles. The fourth-order valence-electron chi connectivity index (χ4n) is 2.91. The quantitative estimate of drug-likeness (QED) is 0.558. The summed E-state index contributed by atoms with van der Waals surface area (Å²) in [6.45, 7) is 0. The van der Waals surface area contributed by atoms with Crippen LogP contribution in [-0.2, 0) is 25.9 Å². The van der Waals surface area contributed by atoms with E-state index in [1.807, 2.05) is 0 Å². The molecule has 0 bridgehead atoms. The lowest BCUT2D eigenvalue weighted by Crippen LogP contribution is -2.33. The molecule has 0 fully saturated rings. The number of carbonyl (C=O) groups excluding carboxylic acids is 3. The van der Waals surface area contributed by atoms with E-state index in [-0.39, 0.29) is 22.4 Å². The number of amides is 2. The lowest BCUT2D eigenvalue weighted by Gasteiger charge is -2.11. The second kappa shape index (κ2) is 7.47. The van der Waals surface area contributed by atoms with Crippen LogP contribution in [0.3, 0.4) is 0 Å². The molecule has 0 unspecified atom stereocenters. The van der Waals surface area contributed by atoms with Crippen molar-refractivity contribution in [3.05, 3.63) is 70.0 Å². The van der Waals surface area contributed by atoms with Gasteiger partial charge in [-0.05, 0) is 24.3 Å². The summed E-state index contributed by atoms with van der Waals surface area (Å²) in [4.78, 5) is 46.3. The Morgan fingerprint density at radius 2 is 1.63 bits per heavy atom. The number of rotatable bonds is 5. The Morgan fingerprint density at radius 1 is 1.03 bits per heavy atom. The second-order valence-electron chi connectivity index (χ2n) is 6.51. The van der Waals surface area contributed by atoms with Gasteiger partial charge in [0.1, 0.15) is 11.4 Å². The SMILES string of the molecule is CS(=O)(=O)c1ccc(-c2csc(CC(=O)ON3C(=O)c4ccccc4C3=O)n2)cc1. The maximum absolute atomic E-state index is 12.3. The third-order valence-electron chi connectivity index (χ3n) is 4.38. The number of hydrogen-bond donors (Lipinski definition) is 0. The average Bonchev–Trinajstić information content (AvgIpc) is 3.27. The number of fused-ring (bicyclic) bond motifs is 1. The molecule has 2 aromatic carbocycles. The second-order valence-corrected chi connectivity index (χ2v) is 9.47. The molecule has 4 rings (SSSR count). The standard InChI is InChI=1S/C20H14N2O6S2/c1-30(26,27)13-8-6-12(7-9-13)16-11-29-17(21-16)10-18(23)28-22-19(24)14-4-2-3-5-15(14)20(22)25/h2-9,11H,10H2,1H3. The highest BCUT2D eigenvalue weighted by atomic mass is 32.2. The molecule has 10 heteroatoms. The molecule has 152 valence electrons. The summed E-state index contributed by atoms with van der Waals surface area (Å²) in [6, 6.07) is 12.5. The Bertz CT molecular complexity index is 1240. The summed E-state index contributed by atoms with van der Waals surface area (Å²) in [5.74, 6) is -2.16. The van der Waals surface area contributed by atoms with Crippen molar-refractivity contribution >= 4 is 39.0 Å². The number of sulfone groups is 1. The van der Waals surface area contributed by atoms with E-state index in [1.165, 1.54) is 35.6 Å². The molecule has 3 aromatic rings. The van der Waals surface area contributed by atoms with Crippen LogP contribution in [0.1, 0.15) is 25.7 Å². The van der Waals surface area contributed by atoms with Gasteiger partial charge in [-0.1, -0.05) is 29.3 Å². The molecule has 30 heavy (non-hydrogen) atoms. The van der Waals surface area contributed by atoms with Crippen LogP contribution in [0.4, 0.5) is 0 Å². The predicted octanol–water partition coefficient (Wildman–Crippen LogP) is 2.51. The topological polar surface area (TPSA) is 111 Å². The predicted molar refractivity (Wildman–Crippen MR) is 107 cm³/mol. The van der Waals surface area contributed by atoms with Gasteiger partial charge >= 0.3 is 5.97 Å². The first-order valence-corrected chi connectivity index (χ1v) is 11.4. The summed E-state index contributed by atoms with van der Waals surface area (Å²) in [5, 5.41) is 2.62. The third kappa shape index (κ3) is 3.74. The molecule has 1 aromatic heterocycles. The molecule has 2 heterocycles. The fraction of sp³-hybridized carbons (Fsp3) is 0.100. The minimum Gasteiger partial charge on any atom is -0.329 e. The number of hydroxylamine groups is 2. The van der Waals surface area contributed by atoms with E-state index in [9.17, 15) is 22.8 Å². The van der Waals surface area contributed by atoms with Gasteiger partial charge in [0.05, 0.1) is 21.7 Å². The van der Waals surface area contributed by atoms with Crippen LogP contribution in [0.5, 0.6) is 0 Å². The molecule has 2 amide bonds. The Hall–Kier alpha value is -3.37. The highest BCUT2D eigenvalue weighted by Gasteiger charge is 2.38. The first-order valence-electron chi connectivity index (χ1n) is 8.67. The van der Waals surface area contributed by atoms with Crippen molar-refractivity contribution in [3.8, 4) is 11.3 Å². The van der Waals surface area contributed by atoms with E-state index in [4.69, 9.17) is 4.84 Å². The number of aromatic nitrogens is 1. The number of thiazole rings is 1. The van der Waals surface area contributed by atoms with Crippen LogP contribution in [0.15, 0.2) is 58.8 Å². The van der Waals surface area contributed by atoms with Gasteiger partial charge in [0, 0.05) is 17.2 Å². The molecular weight excluding hydrogens is 428 g/mol. The summed E-state index contributed by atoms with van der Waals surface area (Å²) in [7, 11) is -3.29. The highest BCUT2D eigenvalue weighted by Crippen LogP contribution is 2.25. The van der Waals surface area contributed by atoms with Gasteiger partial charge in [-0.3, -0.25) is 9.59 Å². The van der Waals surface area contributed by atoms with Crippen LogP contribution >= 0.6 is 11.3 Å². The molecule has 0 N–H and O–H groups in total. The van der Waals surface area contributed by atoms with Gasteiger partial charge < -0.3 is 4.84 Å². The third-order valence-corrected chi connectivity index (χ3v) is 6.35. The molecule has 0 saturated carbocycles. The van der Waals surface area contributed by atoms with Crippen LogP contribution in [0.25, 0.3) is 11.3 Å². The van der Waals surface area contributed by atoms with Crippen molar-refractivity contribution in [2.24, 2.45) is 0 Å². The van der Waals surface area contributed by atoms with Gasteiger partial charge in [-0.2, -0.15) is 0 Å². The Kier molecular flexibility index (Phi) is 4.96. The number of benzene rings is 2. The summed E-state index contributed by atoms with van der Waals surface area (Å²) in [5.41, 5.74) is 1.64. The van der Waals surface area contributed by atoms with E-state index in [0.29, 0.717) is 21.3 Å². The van der Waals surface area contributed by atoms with Crippen molar-refractivity contribution in [1.29, 1.82) is 0 Å². The fourth-order valence-corrected chi connectivity index (χ4v) is 4.32. The Balaban J connectivity index is 1.44. The van der Waals surface area contributed by atoms with Crippen molar-refractivity contribution in [2.45, 2.75) is 11.3 Å². The summed E-state index contributed by atoms with van der Waals surface area (Å²) < 4.78 is 23.1. The maximum atomic E-state index is 12.3. The van der Waals surface area contributed by atoms with E-state index >= 15 is 0 Å². The van der Waals surface area contributed by atoms with Crippen molar-refractivity contribution in [1.82, 2.24) is 10.0 Å². The van der Waals surface area contributed by atoms with Crippen LogP contribution in [0.2, 0.25) is 0 Å². The maximum Gasteiger partial charge on any atom is 0.340 e. The normalized spacial score (nSPS) is 13.4. The lowest BCUT2D eigenvalue weighted by molar-refractivity contribution is -0.167. The van der Waals surface area contributed by atoms with Crippen LogP contribution in [0, 0.1) is 0 Å². The minimum atomic E-state index is -3.29. The number of carbonyl (C=O) groups is 3. The highest BCUT2D eigenvalue weighted by molar-refractivity contribution is 7.90. The monoisotopic (exact) mass is 442 g/mol. The van der Waals surface area contributed by atoms with E-state index in [2.05, 4.69) is 4.98 Å². The largest absolute Gasteiger partial charge is 0.340 e. The van der Waals surface area contributed by atoms with Gasteiger partial charge in [0.15, 0.2) is 9.84 Å². The smallest absolute Gasteiger partial charge is 0.329 e. The molecule has 1 aliphatic rings. The lowest BCUT2D eigenvalue weighted by atomic mass is 10.1. The van der Waals surface area contributed by atoms with Crippen molar-refractivity contribution in [2.75, 3.05) is 6.26 Å². The molecular formula is C20H14N2O6S2. The zero-order valence-electron chi connectivity index (χ0n) is 15.6. The van der Waals surface area contributed by atoms with E-state index < -0.39 is 27.6 Å². The molecule has 0 atom stereocenters. The average molecular weight is 442 g/mol. The summed E-state index contributed by atoms with van der Waals surface area (Å²) in [6.07, 6.45) is 0.905. The zero-order valence-corrected chi connectivity index (χ0v) is 17.2. The zero-order chi connectivity index (χ0) is 21.5. The molecule has 0 saturated heterocycles. The van der Waals surface area contributed by atoms with E-state index in [1.54, 1.807) is 29.6 Å². The first kappa shape index (κ1) is 19.9. The first-order chi connectivity index (χ1) is 14.2. The van der Waals surface area contributed by atoms with Gasteiger partial charge in [0.25, 0.3) is 11.8 Å². The molecule has 0 spiro atoms. The molecule has 1 aliphatic heterocycles. The number of nitrogens with zero attached hydrogens (tertiary/aromatic N) is 2. The van der Waals surface area contributed by atoms with E-state index in [0.717, 1.165) is 6.26 Å². The van der Waals surface area contributed by atoms with Gasteiger partial charge in [-0.25, -0.2) is 18.2 Å². The number of imide groups is 1. The van der Waals surface area contributed by atoms with Gasteiger partial charge in [0.2, 0.25) is 0 Å². The van der Waals surface area contributed by atoms with Crippen molar-refractivity contribution < 1.29 is 27.6 Å². The Morgan fingerprint density at radius 3 is 2.20 bits per heavy atom.